The largest absolute Gasteiger partial charge is 0.272 e. The van der Waals surface area contributed by atoms with Gasteiger partial charge in [0.05, 0.1) is 23.7 Å². The molecule has 0 aliphatic carbocycles. The Kier molecular flexibility index (Phi) is 4.04. The molecule has 102 valence electrons. The summed E-state index contributed by atoms with van der Waals surface area (Å²) in [7, 11) is -2.88. The fourth-order valence-electron chi connectivity index (χ4n) is 2.48. The zero-order valence-electron chi connectivity index (χ0n) is 10.5. The molecule has 1 aliphatic heterocycles. The molecule has 0 aromatic carbocycles. The maximum absolute atomic E-state index is 11.5. The van der Waals surface area contributed by atoms with E-state index in [1.807, 2.05) is 10.9 Å². The molecule has 0 bridgehead atoms. The quantitative estimate of drug-likeness (QED) is 0.591. The second kappa shape index (κ2) is 5.38. The standard InChI is InChI=1S/C11H20N4O2S/c1-2-4-15-7-10(6-13-15)11(14-12)9-3-5-18(16,17)8-9/h6-7,9,11,14H,2-5,8,12H2,1H3. The van der Waals surface area contributed by atoms with Crippen molar-refractivity contribution in [3.63, 3.8) is 0 Å². The number of hydrogen-bond acceptors (Lipinski definition) is 5. The summed E-state index contributed by atoms with van der Waals surface area (Å²) in [5.41, 5.74) is 3.70. The van der Waals surface area contributed by atoms with E-state index in [2.05, 4.69) is 17.4 Å². The van der Waals surface area contributed by atoms with Crippen LogP contribution in [0.1, 0.15) is 31.4 Å². The molecule has 1 saturated heterocycles. The van der Waals surface area contributed by atoms with Gasteiger partial charge in [0, 0.05) is 18.3 Å². The Morgan fingerprint density at radius 2 is 2.44 bits per heavy atom. The average molecular weight is 272 g/mol. The smallest absolute Gasteiger partial charge is 0.150 e. The summed E-state index contributed by atoms with van der Waals surface area (Å²) in [5.74, 6) is 6.09. The molecule has 2 atom stereocenters. The van der Waals surface area contributed by atoms with Crippen LogP contribution in [-0.4, -0.2) is 29.7 Å². The van der Waals surface area contributed by atoms with E-state index in [0.717, 1.165) is 18.5 Å². The number of hydrogen-bond donors (Lipinski definition) is 2. The highest BCUT2D eigenvalue weighted by Crippen LogP contribution is 2.30. The lowest BCUT2D eigenvalue weighted by Crippen LogP contribution is -2.34. The predicted molar refractivity (Wildman–Crippen MR) is 69.3 cm³/mol. The highest BCUT2D eigenvalue weighted by Gasteiger charge is 2.34. The van der Waals surface area contributed by atoms with E-state index in [9.17, 15) is 8.42 Å². The molecular weight excluding hydrogens is 252 g/mol. The van der Waals surface area contributed by atoms with Crippen molar-refractivity contribution in [1.82, 2.24) is 15.2 Å². The van der Waals surface area contributed by atoms with Crippen LogP contribution in [0.5, 0.6) is 0 Å². The van der Waals surface area contributed by atoms with Crippen molar-refractivity contribution < 1.29 is 8.42 Å². The van der Waals surface area contributed by atoms with Crippen molar-refractivity contribution in [1.29, 1.82) is 0 Å². The first-order chi connectivity index (χ1) is 8.55. The minimum absolute atomic E-state index is 0.0410. The SMILES string of the molecule is CCCn1cc(C(NN)C2CCS(=O)(=O)C2)cn1. The molecule has 2 unspecified atom stereocenters. The molecule has 0 spiro atoms. The van der Waals surface area contributed by atoms with E-state index in [1.54, 1.807) is 6.20 Å². The van der Waals surface area contributed by atoms with Gasteiger partial charge in [0.2, 0.25) is 0 Å². The minimum Gasteiger partial charge on any atom is -0.272 e. The van der Waals surface area contributed by atoms with Crippen LogP contribution >= 0.6 is 0 Å². The van der Waals surface area contributed by atoms with Gasteiger partial charge >= 0.3 is 0 Å². The van der Waals surface area contributed by atoms with Crippen LogP contribution in [0.4, 0.5) is 0 Å². The molecule has 0 saturated carbocycles. The second-order valence-corrected chi connectivity index (χ2v) is 7.07. The van der Waals surface area contributed by atoms with Gasteiger partial charge in [0.1, 0.15) is 0 Å². The summed E-state index contributed by atoms with van der Waals surface area (Å²) in [6.07, 6.45) is 5.39. The molecule has 2 heterocycles. The van der Waals surface area contributed by atoms with Crippen molar-refractivity contribution in [3.05, 3.63) is 18.0 Å². The Morgan fingerprint density at radius 3 is 3.00 bits per heavy atom. The summed E-state index contributed by atoms with van der Waals surface area (Å²) in [6.45, 7) is 2.95. The Morgan fingerprint density at radius 1 is 1.67 bits per heavy atom. The summed E-state index contributed by atoms with van der Waals surface area (Å²) < 4.78 is 24.9. The van der Waals surface area contributed by atoms with E-state index in [-0.39, 0.29) is 23.5 Å². The lowest BCUT2D eigenvalue weighted by Gasteiger charge is -2.20. The molecule has 6 nitrogen and oxygen atoms in total. The van der Waals surface area contributed by atoms with Gasteiger partial charge in [-0.05, 0) is 18.8 Å². The monoisotopic (exact) mass is 272 g/mol. The molecule has 1 aromatic heterocycles. The molecule has 0 radical (unpaired) electrons. The Bertz CT molecular complexity index is 497. The normalized spacial score (nSPS) is 24.2. The van der Waals surface area contributed by atoms with Crippen molar-refractivity contribution >= 4 is 9.84 Å². The number of hydrazine groups is 1. The third kappa shape index (κ3) is 2.90. The maximum atomic E-state index is 11.5. The topological polar surface area (TPSA) is 90.0 Å². The zero-order chi connectivity index (χ0) is 13.2. The van der Waals surface area contributed by atoms with Crippen molar-refractivity contribution in [2.75, 3.05) is 11.5 Å². The molecule has 7 heteroatoms. The van der Waals surface area contributed by atoms with Crippen molar-refractivity contribution in [2.45, 2.75) is 32.4 Å². The van der Waals surface area contributed by atoms with Gasteiger partial charge in [0.25, 0.3) is 0 Å². The third-order valence-corrected chi connectivity index (χ3v) is 5.18. The van der Waals surface area contributed by atoms with Crippen LogP contribution in [0.3, 0.4) is 0 Å². The number of nitrogens with one attached hydrogen (secondary N) is 1. The van der Waals surface area contributed by atoms with Crippen LogP contribution in [-0.2, 0) is 16.4 Å². The maximum Gasteiger partial charge on any atom is 0.150 e. The second-order valence-electron chi connectivity index (χ2n) is 4.84. The first kappa shape index (κ1) is 13.5. The van der Waals surface area contributed by atoms with Gasteiger partial charge in [0.15, 0.2) is 9.84 Å². The molecule has 18 heavy (non-hydrogen) atoms. The van der Waals surface area contributed by atoms with Gasteiger partial charge in [-0.2, -0.15) is 5.10 Å². The molecule has 1 fully saturated rings. The first-order valence-corrected chi connectivity index (χ1v) is 8.06. The first-order valence-electron chi connectivity index (χ1n) is 6.24. The summed E-state index contributed by atoms with van der Waals surface area (Å²) >= 11 is 0. The number of nitrogens with two attached hydrogens (primary N) is 1. The van der Waals surface area contributed by atoms with E-state index >= 15 is 0 Å². The molecule has 2 rings (SSSR count). The average Bonchev–Trinajstić information content (AvgIpc) is 2.88. The van der Waals surface area contributed by atoms with Crippen LogP contribution in [0.25, 0.3) is 0 Å². The van der Waals surface area contributed by atoms with Crippen molar-refractivity contribution in [2.24, 2.45) is 11.8 Å². The Hall–Kier alpha value is -0.920. The van der Waals surface area contributed by atoms with Gasteiger partial charge < -0.3 is 0 Å². The Balaban J connectivity index is 2.13. The summed E-state index contributed by atoms with van der Waals surface area (Å²) in [4.78, 5) is 0. The molecule has 1 aromatic rings. The number of aryl methyl sites for hydroxylation is 1. The Labute approximate surface area is 107 Å². The summed E-state index contributed by atoms with van der Waals surface area (Å²) in [5, 5.41) is 4.25. The zero-order valence-corrected chi connectivity index (χ0v) is 11.4. The van der Waals surface area contributed by atoms with Gasteiger partial charge in [-0.3, -0.25) is 16.0 Å². The van der Waals surface area contributed by atoms with Gasteiger partial charge in [-0.25, -0.2) is 8.42 Å². The highest BCUT2D eigenvalue weighted by molar-refractivity contribution is 7.91. The lowest BCUT2D eigenvalue weighted by molar-refractivity contribution is 0.399. The van der Waals surface area contributed by atoms with Crippen molar-refractivity contribution in [3.8, 4) is 0 Å². The number of rotatable bonds is 5. The van der Waals surface area contributed by atoms with E-state index in [4.69, 9.17) is 5.84 Å². The molecule has 0 amide bonds. The van der Waals surface area contributed by atoms with E-state index in [0.29, 0.717) is 6.42 Å². The summed E-state index contributed by atoms with van der Waals surface area (Å²) in [6, 6.07) is -0.132. The minimum atomic E-state index is -2.88. The number of nitrogens with zero attached hydrogens (tertiary/aromatic N) is 2. The predicted octanol–water partition coefficient (Wildman–Crippen LogP) is 0.232. The molecule has 3 N–H and O–H groups in total. The van der Waals surface area contributed by atoms with Gasteiger partial charge in [-0.15, -0.1) is 0 Å². The fraction of sp³-hybridized carbons (Fsp3) is 0.727. The van der Waals surface area contributed by atoms with E-state index < -0.39 is 9.84 Å². The van der Waals surface area contributed by atoms with Crippen LogP contribution < -0.4 is 11.3 Å². The van der Waals surface area contributed by atoms with Crippen LogP contribution in [0.2, 0.25) is 0 Å². The highest BCUT2D eigenvalue weighted by atomic mass is 32.2. The van der Waals surface area contributed by atoms with E-state index in [1.165, 1.54) is 0 Å². The number of aromatic nitrogens is 2. The van der Waals surface area contributed by atoms with Gasteiger partial charge in [-0.1, -0.05) is 6.92 Å². The number of sulfone groups is 1. The fourth-order valence-corrected chi connectivity index (χ4v) is 4.32. The third-order valence-electron chi connectivity index (χ3n) is 3.38. The van der Waals surface area contributed by atoms with Crippen LogP contribution in [0.15, 0.2) is 12.4 Å². The lowest BCUT2D eigenvalue weighted by atomic mass is 9.95. The molecule has 1 aliphatic rings. The van der Waals surface area contributed by atoms with Crippen LogP contribution in [0, 0.1) is 5.92 Å². The molecular formula is C11H20N4O2S.